The van der Waals surface area contributed by atoms with E-state index >= 15 is 0 Å². The van der Waals surface area contributed by atoms with Crippen molar-refractivity contribution in [3.8, 4) is 0 Å². The van der Waals surface area contributed by atoms with Crippen LogP contribution in [-0.2, 0) is 22.9 Å². The molecule has 0 amide bonds. The molecule has 3 rings (SSSR count). The zero-order valence-electron chi connectivity index (χ0n) is 11.7. The molecule has 4 nitrogen and oxygen atoms in total. The number of fused-ring (bicyclic) bond motifs is 1. The average Bonchev–Trinajstić information content (AvgIpc) is 2.94. The Hall–Kier alpha value is -0.910. The summed E-state index contributed by atoms with van der Waals surface area (Å²) in [5, 5.41) is 0. The van der Waals surface area contributed by atoms with Crippen LogP contribution in [0.5, 0.6) is 0 Å². The van der Waals surface area contributed by atoms with Crippen molar-refractivity contribution in [2.24, 2.45) is 5.73 Å². The van der Waals surface area contributed by atoms with Crippen molar-refractivity contribution in [1.29, 1.82) is 0 Å². The summed E-state index contributed by atoms with van der Waals surface area (Å²) >= 11 is 0. The predicted octanol–water partition coefficient (Wildman–Crippen LogP) is 1.68. The molecule has 0 aromatic heterocycles. The third-order valence-electron chi connectivity index (χ3n) is 4.52. The first-order chi connectivity index (χ1) is 9.63. The van der Waals surface area contributed by atoms with E-state index in [9.17, 15) is 8.42 Å². The lowest BCUT2D eigenvalue weighted by Crippen LogP contribution is -2.47. The number of benzene rings is 1. The van der Waals surface area contributed by atoms with Crippen molar-refractivity contribution < 1.29 is 8.42 Å². The van der Waals surface area contributed by atoms with Gasteiger partial charge in [-0.15, -0.1) is 0 Å². The highest BCUT2D eigenvalue weighted by Gasteiger charge is 2.33. The number of nitrogens with zero attached hydrogens (tertiary/aromatic N) is 1. The Kier molecular flexibility index (Phi) is 3.84. The standard InChI is InChI=1S/C15H22N2O2S/c16-11-14-6-1-2-9-17(14)20(18,19)15-8-7-12-4-3-5-13(12)10-15/h7-8,10,14H,1-6,9,11,16H2. The van der Waals surface area contributed by atoms with Crippen LogP contribution in [-0.4, -0.2) is 31.9 Å². The Bertz CT molecular complexity index is 598. The van der Waals surface area contributed by atoms with E-state index in [1.807, 2.05) is 12.1 Å². The lowest BCUT2D eigenvalue weighted by atomic mass is 10.1. The molecule has 1 atom stereocenters. The van der Waals surface area contributed by atoms with Crippen LogP contribution in [0.2, 0.25) is 0 Å². The van der Waals surface area contributed by atoms with Gasteiger partial charge < -0.3 is 5.73 Å². The van der Waals surface area contributed by atoms with E-state index in [4.69, 9.17) is 5.73 Å². The fraction of sp³-hybridized carbons (Fsp3) is 0.600. The smallest absolute Gasteiger partial charge is 0.243 e. The summed E-state index contributed by atoms with van der Waals surface area (Å²) in [4.78, 5) is 0.443. The van der Waals surface area contributed by atoms with E-state index in [1.165, 1.54) is 11.1 Å². The van der Waals surface area contributed by atoms with Crippen LogP contribution in [0.4, 0.5) is 0 Å². The number of piperidine rings is 1. The molecule has 1 aliphatic heterocycles. The summed E-state index contributed by atoms with van der Waals surface area (Å²) in [5.41, 5.74) is 8.26. The summed E-state index contributed by atoms with van der Waals surface area (Å²) < 4.78 is 27.3. The lowest BCUT2D eigenvalue weighted by Gasteiger charge is -2.34. The van der Waals surface area contributed by atoms with Gasteiger partial charge in [0.25, 0.3) is 0 Å². The van der Waals surface area contributed by atoms with Crippen molar-refractivity contribution in [2.75, 3.05) is 13.1 Å². The molecule has 0 spiro atoms. The first kappa shape index (κ1) is 14.0. The molecule has 1 fully saturated rings. The van der Waals surface area contributed by atoms with E-state index in [0.717, 1.165) is 38.5 Å². The number of nitrogens with two attached hydrogens (primary N) is 1. The molecule has 0 bridgehead atoms. The second kappa shape index (κ2) is 5.47. The average molecular weight is 294 g/mol. The molecule has 1 heterocycles. The maximum Gasteiger partial charge on any atom is 0.243 e. The molecular weight excluding hydrogens is 272 g/mol. The molecule has 2 aliphatic rings. The normalized spacial score (nSPS) is 23.8. The van der Waals surface area contributed by atoms with Gasteiger partial charge in [0.2, 0.25) is 10.0 Å². The monoisotopic (exact) mass is 294 g/mol. The molecule has 1 aromatic rings. The Morgan fingerprint density at radius 3 is 2.75 bits per heavy atom. The number of hydrogen-bond donors (Lipinski definition) is 1. The Labute approximate surface area is 121 Å². The van der Waals surface area contributed by atoms with E-state index in [0.29, 0.717) is 18.0 Å². The summed E-state index contributed by atoms with van der Waals surface area (Å²) in [6, 6.07) is 5.58. The van der Waals surface area contributed by atoms with Crippen LogP contribution in [0.25, 0.3) is 0 Å². The van der Waals surface area contributed by atoms with Crippen molar-refractivity contribution >= 4 is 10.0 Å². The van der Waals surface area contributed by atoms with E-state index < -0.39 is 10.0 Å². The molecule has 20 heavy (non-hydrogen) atoms. The third kappa shape index (κ3) is 2.38. The molecule has 1 aromatic carbocycles. The maximum absolute atomic E-state index is 12.8. The summed E-state index contributed by atoms with van der Waals surface area (Å²) in [5.74, 6) is 0. The van der Waals surface area contributed by atoms with Gasteiger partial charge in [-0.25, -0.2) is 8.42 Å². The molecule has 5 heteroatoms. The van der Waals surface area contributed by atoms with E-state index in [1.54, 1.807) is 10.4 Å². The highest BCUT2D eigenvalue weighted by atomic mass is 32.2. The molecule has 1 aliphatic carbocycles. The van der Waals surface area contributed by atoms with Gasteiger partial charge >= 0.3 is 0 Å². The van der Waals surface area contributed by atoms with Gasteiger partial charge in [-0.05, 0) is 55.4 Å². The van der Waals surface area contributed by atoms with Crippen molar-refractivity contribution in [1.82, 2.24) is 4.31 Å². The fourth-order valence-electron chi connectivity index (χ4n) is 3.37. The van der Waals surface area contributed by atoms with Crippen LogP contribution in [0.15, 0.2) is 23.1 Å². The third-order valence-corrected chi connectivity index (χ3v) is 6.47. The maximum atomic E-state index is 12.8. The lowest BCUT2D eigenvalue weighted by molar-refractivity contribution is 0.257. The Morgan fingerprint density at radius 2 is 1.95 bits per heavy atom. The summed E-state index contributed by atoms with van der Waals surface area (Å²) in [7, 11) is -3.39. The van der Waals surface area contributed by atoms with Crippen molar-refractivity contribution in [3.63, 3.8) is 0 Å². The van der Waals surface area contributed by atoms with Gasteiger partial charge in [0, 0.05) is 19.1 Å². The van der Waals surface area contributed by atoms with Crippen molar-refractivity contribution in [2.45, 2.75) is 49.5 Å². The van der Waals surface area contributed by atoms with Gasteiger partial charge in [-0.1, -0.05) is 12.5 Å². The second-order valence-electron chi connectivity index (χ2n) is 5.79. The molecule has 110 valence electrons. The number of rotatable bonds is 3. The van der Waals surface area contributed by atoms with Gasteiger partial charge in [0.05, 0.1) is 4.90 Å². The number of sulfonamides is 1. The quantitative estimate of drug-likeness (QED) is 0.922. The van der Waals surface area contributed by atoms with Crippen LogP contribution in [0, 0.1) is 0 Å². The van der Waals surface area contributed by atoms with E-state index in [2.05, 4.69) is 0 Å². The van der Waals surface area contributed by atoms with Crippen LogP contribution < -0.4 is 5.73 Å². The van der Waals surface area contributed by atoms with Gasteiger partial charge in [-0.3, -0.25) is 0 Å². The van der Waals surface area contributed by atoms with Gasteiger partial charge in [0.15, 0.2) is 0 Å². The Balaban J connectivity index is 1.94. The fourth-order valence-corrected chi connectivity index (χ4v) is 5.13. The number of aryl methyl sites for hydroxylation is 2. The minimum atomic E-state index is -3.39. The minimum absolute atomic E-state index is 0.0398. The van der Waals surface area contributed by atoms with Gasteiger partial charge in [-0.2, -0.15) is 4.31 Å². The van der Waals surface area contributed by atoms with Crippen LogP contribution in [0.1, 0.15) is 36.8 Å². The van der Waals surface area contributed by atoms with Gasteiger partial charge in [0.1, 0.15) is 0 Å². The second-order valence-corrected chi connectivity index (χ2v) is 7.68. The van der Waals surface area contributed by atoms with Crippen molar-refractivity contribution in [3.05, 3.63) is 29.3 Å². The summed E-state index contributed by atoms with van der Waals surface area (Å²) in [6.07, 6.45) is 6.08. The Morgan fingerprint density at radius 1 is 1.15 bits per heavy atom. The predicted molar refractivity (Wildman–Crippen MR) is 79.1 cm³/mol. The highest BCUT2D eigenvalue weighted by molar-refractivity contribution is 7.89. The molecular formula is C15H22N2O2S. The first-order valence-electron chi connectivity index (χ1n) is 7.46. The largest absolute Gasteiger partial charge is 0.329 e. The zero-order chi connectivity index (χ0) is 14.2. The first-order valence-corrected chi connectivity index (χ1v) is 8.90. The van der Waals surface area contributed by atoms with Crippen LogP contribution >= 0.6 is 0 Å². The molecule has 0 saturated carbocycles. The summed E-state index contributed by atoms with van der Waals surface area (Å²) in [6.45, 7) is 1.01. The van der Waals surface area contributed by atoms with Crippen LogP contribution in [0.3, 0.4) is 0 Å². The minimum Gasteiger partial charge on any atom is -0.329 e. The SMILES string of the molecule is NCC1CCCCN1S(=O)(=O)c1ccc2c(c1)CCC2. The molecule has 0 radical (unpaired) electrons. The van der Waals surface area contributed by atoms with E-state index in [-0.39, 0.29) is 6.04 Å². The molecule has 2 N–H and O–H groups in total. The zero-order valence-corrected chi connectivity index (χ0v) is 12.5. The molecule has 1 unspecified atom stereocenters. The number of hydrogen-bond acceptors (Lipinski definition) is 3. The topological polar surface area (TPSA) is 63.4 Å². The highest BCUT2D eigenvalue weighted by Crippen LogP contribution is 2.29. The molecule has 1 saturated heterocycles.